The third-order valence-electron chi connectivity index (χ3n) is 7.20. The Morgan fingerprint density at radius 1 is 1.00 bits per heavy atom. The Hall–Kier alpha value is -1.34. The minimum absolute atomic E-state index is 0.321. The Morgan fingerprint density at radius 3 is 2.39 bits per heavy atom. The van der Waals surface area contributed by atoms with Crippen LogP contribution in [0.1, 0.15) is 52.0 Å². The predicted octanol–water partition coefficient (Wildman–Crippen LogP) is 3.52. The summed E-state index contributed by atoms with van der Waals surface area (Å²) in [5.41, 5.74) is 1.65. The van der Waals surface area contributed by atoms with Gasteiger partial charge in [0.25, 0.3) is 0 Å². The fourth-order valence-electron chi connectivity index (χ4n) is 5.12. The molecule has 0 unspecified atom stereocenters. The summed E-state index contributed by atoms with van der Waals surface area (Å²) in [6.45, 7) is 13.4. The monoisotopic (exact) mass is 432 g/mol. The lowest BCUT2D eigenvalue weighted by Crippen LogP contribution is -2.48. The number of aliphatic hydroxyl groups is 1. The van der Waals surface area contributed by atoms with Gasteiger partial charge in [-0.2, -0.15) is 0 Å². The molecule has 0 spiro atoms. The lowest BCUT2D eigenvalue weighted by molar-refractivity contribution is -0.0473. The molecule has 4 rings (SSSR count). The summed E-state index contributed by atoms with van der Waals surface area (Å²) in [4.78, 5) is 4.82. The molecule has 1 aromatic carbocycles. The number of ether oxygens (including phenoxy) is 3. The van der Waals surface area contributed by atoms with Gasteiger partial charge in [0, 0.05) is 39.3 Å². The summed E-state index contributed by atoms with van der Waals surface area (Å²) < 4.78 is 17.0. The van der Waals surface area contributed by atoms with Crippen molar-refractivity contribution in [3.63, 3.8) is 0 Å². The second kappa shape index (κ2) is 10.1. The molecule has 6 nitrogen and oxygen atoms in total. The van der Waals surface area contributed by atoms with Gasteiger partial charge in [-0.05, 0) is 54.7 Å². The van der Waals surface area contributed by atoms with Crippen LogP contribution in [0.15, 0.2) is 18.2 Å². The number of nitrogens with zero attached hydrogens (tertiary/aromatic N) is 2. The molecule has 1 saturated carbocycles. The SMILES string of the molecule is CC(C)(C)C1CCC(OC[C@@H](O)CN2CCN(Cc3ccc4c(c3)OCO4)CC2)CC1. The molecule has 3 aliphatic rings. The number of piperazine rings is 1. The highest BCUT2D eigenvalue weighted by molar-refractivity contribution is 5.44. The zero-order chi connectivity index (χ0) is 21.8. The van der Waals surface area contributed by atoms with Crippen molar-refractivity contribution in [2.45, 2.75) is 65.2 Å². The molecule has 1 aliphatic carbocycles. The van der Waals surface area contributed by atoms with Gasteiger partial charge in [-0.1, -0.05) is 26.8 Å². The van der Waals surface area contributed by atoms with Crippen LogP contribution in [0.3, 0.4) is 0 Å². The van der Waals surface area contributed by atoms with E-state index in [0.29, 0.717) is 31.5 Å². The average Bonchev–Trinajstić information content (AvgIpc) is 3.21. The van der Waals surface area contributed by atoms with Crippen LogP contribution in [0.5, 0.6) is 11.5 Å². The lowest BCUT2D eigenvalue weighted by atomic mass is 9.72. The third-order valence-corrected chi connectivity index (χ3v) is 7.20. The Labute approximate surface area is 187 Å². The molecule has 0 amide bonds. The van der Waals surface area contributed by atoms with E-state index in [0.717, 1.165) is 63.0 Å². The lowest BCUT2D eigenvalue weighted by Gasteiger charge is -2.37. The van der Waals surface area contributed by atoms with Crippen LogP contribution in [0.2, 0.25) is 0 Å². The molecule has 174 valence electrons. The molecule has 2 aliphatic heterocycles. The average molecular weight is 433 g/mol. The molecule has 31 heavy (non-hydrogen) atoms. The minimum atomic E-state index is -0.402. The molecule has 1 atom stereocenters. The smallest absolute Gasteiger partial charge is 0.231 e. The van der Waals surface area contributed by atoms with Gasteiger partial charge in [0.15, 0.2) is 11.5 Å². The van der Waals surface area contributed by atoms with Gasteiger partial charge in [0.1, 0.15) is 0 Å². The molecule has 1 N–H and O–H groups in total. The fraction of sp³-hybridized carbons (Fsp3) is 0.760. The Bertz CT molecular complexity index is 704. The summed E-state index contributed by atoms with van der Waals surface area (Å²) in [6, 6.07) is 6.21. The van der Waals surface area contributed by atoms with Crippen molar-refractivity contribution in [1.29, 1.82) is 0 Å². The molecule has 2 heterocycles. The standard InChI is InChI=1S/C25H40N2O4/c1-25(2,3)20-5-7-22(8-6-20)29-17-21(28)16-27-12-10-26(11-13-27)15-19-4-9-23-24(14-19)31-18-30-23/h4,9,14,20-22,28H,5-8,10-13,15-18H2,1-3H3/t20?,21-,22?/m0/s1. The van der Waals surface area contributed by atoms with Crippen molar-refractivity contribution < 1.29 is 19.3 Å². The highest BCUT2D eigenvalue weighted by Crippen LogP contribution is 2.38. The highest BCUT2D eigenvalue weighted by atomic mass is 16.7. The third kappa shape index (κ3) is 6.35. The summed E-state index contributed by atoms with van der Waals surface area (Å²) in [7, 11) is 0. The van der Waals surface area contributed by atoms with Gasteiger partial charge >= 0.3 is 0 Å². The molecule has 6 heteroatoms. The van der Waals surface area contributed by atoms with Crippen LogP contribution in [0.4, 0.5) is 0 Å². The first-order valence-corrected chi connectivity index (χ1v) is 12.0. The number of fused-ring (bicyclic) bond motifs is 1. The van der Waals surface area contributed by atoms with E-state index in [2.05, 4.69) is 42.7 Å². The number of rotatable bonds is 7. The molecule has 0 aromatic heterocycles. The van der Waals surface area contributed by atoms with Crippen molar-refractivity contribution in [3.8, 4) is 11.5 Å². The molecule has 2 fully saturated rings. The second-order valence-corrected chi connectivity index (χ2v) is 10.6. The summed E-state index contributed by atoms with van der Waals surface area (Å²) in [5, 5.41) is 10.5. The Morgan fingerprint density at radius 2 is 1.68 bits per heavy atom. The molecular formula is C25H40N2O4. The highest BCUT2D eigenvalue weighted by Gasteiger charge is 2.30. The van der Waals surface area contributed by atoms with Crippen LogP contribution in [-0.4, -0.2) is 73.2 Å². The van der Waals surface area contributed by atoms with Crippen LogP contribution in [0.25, 0.3) is 0 Å². The van der Waals surface area contributed by atoms with E-state index in [9.17, 15) is 5.11 Å². The zero-order valence-electron chi connectivity index (χ0n) is 19.5. The zero-order valence-corrected chi connectivity index (χ0v) is 19.5. The number of β-amino-alcohol motifs (C(OH)–C–C–N with tert-alkyl or cyclic N) is 1. The fourth-order valence-corrected chi connectivity index (χ4v) is 5.12. The van der Waals surface area contributed by atoms with E-state index in [4.69, 9.17) is 14.2 Å². The van der Waals surface area contributed by atoms with Gasteiger partial charge in [-0.25, -0.2) is 0 Å². The molecule has 1 saturated heterocycles. The van der Waals surface area contributed by atoms with Crippen molar-refractivity contribution >= 4 is 0 Å². The minimum Gasteiger partial charge on any atom is -0.454 e. The van der Waals surface area contributed by atoms with Gasteiger partial charge in [0.05, 0.1) is 18.8 Å². The first-order valence-electron chi connectivity index (χ1n) is 12.0. The molecule has 0 radical (unpaired) electrons. The van der Waals surface area contributed by atoms with E-state index >= 15 is 0 Å². The van der Waals surface area contributed by atoms with Crippen LogP contribution in [-0.2, 0) is 11.3 Å². The van der Waals surface area contributed by atoms with Gasteiger partial charge in [-0.3, -0.25) is 9.80 Å². The van der Waals surface area contributed by atoms with E-state index < -0.39 is 6.10 Å². The number of hydrogen-bond donors (Lipinski definition) is 1. The first-order chi connectivity index (χ1) is 14.9. The maximum atomic E-state index is 10.5. The summed E-state index contributed by atoms with van der Waals surface area (Å²) in [5.74, 6) is 2.49. The largest absolute Gasteiger partial charge is 0.454 e. The van der Waals surface area contributed by atoms with E-state index in [1.54, 1.807) is 0 Å². The van der Waals surface area contributed by atoms with Gasteiger partial charge in [-0.15, -0.1) is 0 Å². The van der Waals surface area contributed by atoms with Crippen molar-refractivity contribution in [2.75, 3.05) is 46.1 Å². The van der Waals surface area contributed by atoms with Crippen LogP contribution >= 0.6 is 0 Å². The van der Waals surface area contributed by atoms with Crippen molar-refractivity contribution in [3.05, 3.63) is 23.8 Å². The molecule has 0 bridgehead atoms. The number of aliphatic hydroxyl groups excluding tert-OH is 1. The van der Waals surface area contributed by atoms with Gasteiger partial charge in [0.2, 0.25) is 6.79 Å². The Balaban J connectivity index is 1.12. The maximum Gasteiger partial charge on any atom is 0.231 e. The molecule has 1 aromatic rings. The number of benzene rings is 1. The van der Waals surface area contributed by atoms with Gasteiger partial charge < -0.3 is 19.3 Å². The Kier molecular flexibility index (Phi) is 7.42. The normalized spacial score (nSPS) is 26.2. The van der Waals surface area contributed by atoms with Crippen LogP contribution in [0, 0.1) is 11.3 Å². The maximum absolute atomic E-state index is 10.5. The number of hydrogen-bond acceptors (Lipinski definition) is 6. The van der Waals surface area contributed by atoms with E-state index in [-0.39, 0.29) is 0 Å². The quantitative estimate of drug-likeness (QED) is 0.712. The van der Waals surface area contributed by atoms with E-state index in [1.807, 2.05) is 6.07 Å². The summed E-state index contributed by atoms with van der Waals surface area (Å²) in [6.07, 6.45) is 4.68. The van der Waals surface area contributed by atoms with E-state index in [1.165, 1.54) is 18.4 Å². The summed E-state index contributed by atoms with van der Waals surface area (Å²) >= 11 is 0. The van der Waals surface area contributed by atoms with Crippen molar-refractivity contribution in [2.24, 2.45) is 11.3 Å². The van der Waals surface area contributed by atoms with Crippen molar-refractivity contribution in [1.82, 2.24) is 9.80 Å². The first kappa shape index (κ1) is 22.8. The predicted molar refractivity (Wildman–Crippen MR) is 121 cm³/mol. The molecular weight excluding hydrogens is 392 g/mol. The van der Waals surface area contributed by atoms with Crippen LogP contribution < -0.4 is 9.47 Å². The second-order valence-electron chi connectivity index (χ2n) is 10.6. The topological polar surface area (TPSA) is 54.4 Å².